The molecule has 0 spiro atoms. The fourth-order valence-corrected chi connectivity index (χ4v) is 3.61. The lowest BCUT2D eigenvalue weighted by molar-refractivity contribution is -0.158. The molecule has 0 saturated carbocycles. The number of amides is 3. The van der Waals surface area contributed by atoms with E-state index in [0.29, 0.717) is 25.2 Å². The standard InChI is InChI=1S/C29H41N3O5/c1-8-36-26(34)29(5,6)37-24-18-14-21(15-19-24)10-9-11-25(33)31-32(27(35)30-7)20-22-12-16-23(17-13-22)28(2,3)4/h12-19H,8-11,20H2,1-7H3,(H,30,35)(H,31,33). The molecule has 0 bridgehead atoms. The van der Waals surface area contributed by atoms with Gasteiger partial charge in [0.1, 0.15) is 5.75 Å². The van der Waals surface area contributed by atoms with Crippen LogP contribution in [0, 0.1) is 0 Å². The minimum Gasteiger partial charge on any atom is -0.476 e. The summed E-state index contributed by atoms with van der Waals surface area (Å²) in [5, 5.41) is 3.87. The number of ether oxygens (including phenoxy) is 2. The molecule has 2 aromatic rings. The number of carbonyl (C=O) groups excluding carboxylic acids is 3. The summed E-state index contributed by atoms with van der Waals surface area (Å²) in [6.45, 7) is 12.1. The van der Waals surface area contributed by atoms with Gasteiger partial charge in [0.2, 0.25) is 5.91 Å². The Morgan fingerprint density at radius 1 is 0.892 bits per heavy atom. The predicted molar refractivity (Wildman–Crippen MR) is 144 cm³/mol. The maximum absolute atomic E-state index is 12.6. The lowest BCUT2D eigenvalue weighted by Crippen LogP contribution is -2.49. The van der Waals surface area contributed by atoms with Gasteiger partial charge in [-0.05, 0) is 67.9 Å². The number of esters is 1. The lowest BCUT2D eigenvalue weighted by Gasteiger charge is -2.24. The largest absolute Gasteiger partial charge is 0.476 e. The molecule has 0 unspecified atom stereocenters. The summed E-state index contributed by atoms with van der Waals surface area (Å²) in [6, 6.07) is 15.1. The molecule has 2 rings (SSSR count). The van der Waals surface area contributed by atoms with E-state index in [4.69, 9.17) is 9.47 Å². The third-order valence-electron chi connectivity index (χ3n) is 5.81. The first-order valence-corrected chi connectivity index (χ1v) is 12.7. The van der Waals surface area contributed by atoms with Crippen LogP contribution in [0.1, 0.15) is 71.1 Å². The smallest absolute Gasteiger partial charge is 0.349 e. The fourth-order valence-electron chi connectivity index (χ4n) is 3.61. The number of hydrogen-bond donors (Lipinski definition) is 2. The maximum atomic E-state index is 12.6. The van der Waals surface area contributed by atoms with Crippen LogP contribution >= 0.6 is 0 Å². The highest BCUT2D eigenvalue weighted by Gasteiger charge is 2.31. The first-order chi connectivity index (χ1) is 17.4. The molecule has 0 aliphatic heterocycles. The van der Waals surface area contributed by atoms with Crippen LogP contribution in [0.4, 0.5) is 4.79 Å². The molecule has 3 amide bonds. The quantitative estimate of drug-likeness (QED) is 0.349. The highest BCUT2D eigenvalue weighted by atomic mass is 16.6. The Balaban J connectivity index is 1.87. The SMILES string of the molecule is CCOC(=O)C(C)(C)Oc1ccc(CCCC(=O)NN(Cc2ccc(C(C)(C)C)cc2)C(=O)NC)cc1. The second-order valence-corrected chi connectivity index (χ2v) is 10.5. The van der Waals surface area contributed by atoms with Crippen LogP contribution < -0.4 is 15.5 Å². The van der Waals surface area contributed by atoms with Crippen molar-refractivity contribution in [3.05, 3.63) is 65.2 Å². The highest BCUT2D eigenvalue weighted by molar-refractivity contribution is 5.81. The van der Waals surface area contributed by atoms with Crippen molar-refractivity contribution in [3.63, 3.8) is 0 Å². The first-order valence-electron chi connectivity index (χ1n) is 12.7. The second kappa shape index (κ2) is 13.1. The molecule has 202 valence electrons. The molecule has 0 heterocycles. The number of hydrogen-bond acceptors (Lipinski definition) is 5. The highest BCUT2D eigenvalue weighted by Crippen LogP contribution is 2.23. The topological polar surface area (TPSA) is 97.0 Å². The van der Waals surface area contributed by atoms with Gasteiger partial charge in [-0.3, -0.25) is 10.2 Å². The van der Waals surface area contributed by atoms with E-state index >= 15 is 0 Å². The van der Waals surface area contributed by atoms with E-state index in [1.165, 1.54) is 17.6 Å². The molecule has 2 aromatic carbocycles. The van der Waals surface area contributed by atoms with Crippen molar-refractivity contribution in [2.24, 2.45) is 0 Å². The van der Waals surface area contributed by atoms with E-state index in [0.717, 1.165) is 11.1 Å². The number of aryl methyl sites for hydroxylation is 1. The molecule has 0 atom stereocenters. The Bertz CT molecular complexity index is 1040. The molecular weight excluding hydrogens is 470 g/mol. The van der Waals surface area contributed by atoms with Crippen LogP contribution in [0.5, 0.6) is 5.75 Å². The van der Waals surface area contributed by atoms with E-state index < -0.39 is 11.6 Å². The zero-order chi connectivity index (χ0) is 27.6. The first kappa shape index (κ1) is 29.7. The van der Waals surface area contributed by atoms with Crippen LogP contribution in [-0.4, -0.2) is 42.2 Å². The van der Waals surface area contributed by atoms with Crippen molar-refractivity contribution in [2.75, 3.05) is 13.7 Å². The Morgan fingerprint density at radius 3 is 2.03 bits per heavy atom. The van der Waals surface area contributed by atoms with E-state index in [1.807, 2.05) is 36.4 Å². The van der Waals surface area contributed by atoms with Gasteiger partial charge >= 0.3 is 12.0 Å². The minimum absolute atomic E-state index is 0.0415. The fraction of sp³-hybridized carbons (Fsp3) is 0.483. The second-order valence-electron chi connectivity index (χ2n) is 10.5. The van der Waals surface area contributed by atoms with Crippen molar-refractivity contribution < 1.29 is 23.9 Å². The van der Waals surface area contributed by atoms with E-state index in [-0.39, 0.29) is 30.3 Å². The van der Waals surface area contributed by atoms with Crippen molar-refractivity contribution in [2.45, 2.75) is 78.4 Å². The Labute approximate surface area is 220 Å². The third-order valence-corrected chi connectivity index (χ3v) is 5.81. The summed E-state index contributed by atoms with van der Waals surface area (Å²) >= 11 is 0. The van der Waals surface area contributed by atoms with E-state index in [9.17, 15) is 14.4 Å². The average molecular weight is 512 g/mol. The summed E-state index contributed by atoms with van der Waals surface area (Å²) in [5.74, 6) is -0.0832. The van der Waals surface area contributed by atoms with Crippen LogP contribution in [0.2, 0.25) is 0 Å². The van der Waals surface area contributed by atoms with Gasteiger partial charge in [-0.25, -0.2) is 14.6 Å². The Kier molecular flexibility index (Phi) is 10.5. The summed E-state index contributed by atoms with van der Waals surface area (Å²) in [6.07, 6.45) is 1.57. The number of hydrazine groups is 1. The van der Waals surface area contributed by atoms with Gasteiger partial charge in [0.25, 0.3) is 0 Å². The molecule has 0 aliphatic rings. The summed E-state index contributed by atoms with van der Waals surface area (Å²) in [7, 11) is 1.53. The zero-order valence-electron chi connectivity index (χ0n) is 23.1. The number of nitrogens with one attached hydrogen (secondary N) is 2. The van der Waals surface area contributed by atoms with Gasteiger partial charge in [0.05, 0.1) is 13.2 Å². The predicted octanol–water partition coefficient (Wildman–Crippen LogP) is 4.90. The average Bonchev–Trinajstić information content (AvgIpc) is 2.84. The monoisotopic (exact) mass is 511 g/mol. The summed E-state index contributed by atoms with van der Waals surface area (Å²) < 4.78 is 10.8. The van der Waals surface area contributed by atoms with Crippen molar-refractivity contribution in [3.8, 4) is 5.75 Å². The zero-order valence-corrected chi connectivity index (χ0v) is 23.1. The van der Waals surface area contributed by atoms with Crippen LogP contribution in [0.25, 0.3) is 0 Å². The number of benzene rings is 2. The molecule has 8 heteroatoms. The summed E-state index contributed by atoms with van der Waals surface area (Å²) in [5.41, 5.74) is 4.84. The lowest BCUT2D eigenvalue weighted by atomic mass is 9.87. The molecular formula is C29H41N3O5. The molecule has 0 aromatic heterocycles. The molecule has 0 saturated heterocycles. The van der Waals surface area contributed by atoms with Gasteiger partial charge in [0.15, 0.2) is 5.60 Å². The Hall–Kier alpha value is -3.55. The number of urea groups is 1. The normalized spacial score (nSPS) is 11.4. The van der Waals surface area contributed by atoms with Gasteiger partial charge in [-0.2, -0.15) is 0 Å². The van der Waals surface area contributed by atoms with Gasteiger partial charge in [-0.1, -0.05) is 57.2 Å². The molecule has 2 N–H and O–H groups in total. The van der Waals surface area contributed by atoms with Crippen molar-refractivity contribution in [1.82, 2.24) is 15.8 Å². The molecule has 37 heavy (non-hydrogen) atoms. The molecule has 0 radical (unpaired) electrons. The third kappa shape index (κ3) is 9.44. The molecule has 8 nitrogen and oxygen atoms in total. The Morgan fingerprint density at radius 2 is 1.49 bits per heavy atom. The van der Waals surface area contributed by atoms with E-state index in [2.05, 4.69) is 31.5 Å². The van der Waals surface area contributed by atoms with Gasteiger partial charge < -0.3 is 14.8 Å². The summed E-state index contributed by atoms with van der Waals surface area (Å²) in [4.78, 5) is 36.9. The van der Waals surface area contributed by atoms with Crippen LogP contribution in [0.3, 0.4) is 0 Å². The maximum Gasteiger partial charge on any atom is 0.349 e. The van der Waals surface area contributed by atoms with Crippen molar-refractivity contribution in [1.29, 1.82) is 0 Å². The number of nitrogens with zero attached hydrogens (tertiary/aromatic N) is 1. The van der Waals surface area contributed by atoms with Gasteiger partial charge in [-0.15, -0.1) is 0 Å². The number of carbonyl (C=O) groups is 3. The van der Waals surface area contributed by atoms with Crippen LogP contribution in [-0.2, 0) is 32.7 Å². The molecule has 0 fully saturated rings. The van der Waals surface area contributed by atoms with Crippen molar-refractivity contribution >= 4 is 17.9 Å². The minimum atomic E-state index is -1.08. The van der Waals surface area contributed by atoms with E-state index in [1.54, 1.807) is 32.9 Å². The molecule has 0 aliphatic carbocycles. The van der Waals surface area contributed by atoms with Gasteiger partial charge in [0, 0.05) is 13.5 Å². The van der Waals surface area contributed by atoms with Crippen LogP contribution in [0.15, 0.2) is 48.5 Å². The number of rotatable bonds is 10.